The van der Waals surface area contributed by atoms with E-state index in [1.165, 1.54) is 11.4 Å². The Labute approximate surface area is 108 Å². The van der Waals surface area contributed by atoms with E-state index in [9.17, 15) is 26.3 Å². The van der Waals surface area contributed by atoms with Gasteiger partial charge in [0.1, 0.15) is 0 Å². The van der Waals surface area contributed by atoms with E-state index >= 15 is 0 Å². The van der Waals surface area contributed by atoms with E-state index < -0.39 is 29.0 Å². The van der Waals surface area contributed by atoms with Crippen molar-refractivity contribution in [3.8, 4) is 11.1 Å². The summed E-state index contributed by atoms with van der Waals surface area (Å²) in [5, 5.41) is 3.88. The van der Waals surface area contributed by atoms with E-state index in [1.54, 1.807) is 0 Å². The Morgan fingerprint density at radius 1 is 0.947 bits per heavy atom. The molecule has 7 heteroatoms. The summed E-state index contributed by atoms with van der Waals surface area (Å²) in [5.74, 6) is 0. The predicted octanol–water partition coefficient (Wildman–Crippen LogP) is 5.25. The molecule has 0 spiro atoms. The minimum atomic E-state index is -4.71. The fraction of sp³-hybridized carbons (Fsp3) is 0.167. The summed E-state index contributed by atoms with van der Waals surface area (Å²) in [6.07, 6.45) is -9.39. The molecular weight excluding hydrogens is 290 g/mol. The lowest BCUT2D eigenvalue weighted by molar-refractivity contribution is -0.141. The van der Waals surface area contributed by atoms with E-state index in [0.717, 1.165) is 11.3 Å². The zero-order valence-electron chi connectivity index (χ0n) is 9.06. The second-order valence-electron chi connectivity index (χ2n) is 3.71. The van der Waals surface area contributed by atoms with Crippen molar-refractivity contribution < 1.29 is 26.3 Å². The van der Waals surface area contributed by atoms with Crippen molar-refractivity contribution in [3.63, 3.8) is 0 Å². The van der Waals surface area contributed by atoms with E-state index in [1.807, 2.05) is 0 Å². The van der Waals surface area contributed by atoms with Gasteiger partial charge in [0, 0.05) is 5.38 Å². The summed E-state index contributed by atoms with van der Waals surface area (Å²) >= 11 is 0.994. The van der Waals surface area contributed by atoms with Gasteiger partial charge in [0.25, 0.3) is 0 Å². The monoisotopic (exact) mass is 295 g/mol. The molecule has 0 saturated carbocycles. The number of thiophene rings is 1. The maximum absolute atomic E-state index is 12.8. The first kappa shape index (κ1) is 13.9. The molecule has 1 aromatic heterocycles. The van der Waals surface area contributed by atoms with Gasteiger partial charge in [-0.15, -0.1) is 11.3 Å². The highest BCUT2D eigenvalue weighted by Gasteiger charge is 2.37. The lowest BCUT2D eigenvalue weighted by Gasteiger charge is -2.15. The maximum atomic E-state index is 12.8. The molecule has 101 valence electrons. The number of halogens is 6. The molecule has 19 heavy (non-hydrogen) atoms. The van der Waals surface area contributed by atoms with Crippen molar-refractivity contribution in [2.45, 2.75) is 12.4 Å². The quantitative estimate of drug-likeness (QED) is 0.630. The van der Waals surface area contributed by atoms with Gasteiger partial charge in [-0.1, -0.05) is 0 Å². The number of benzene rings is 1. The SMILES string of the molecule is FC(F)(F)c1ccc(C(F)(F)F)c(-c2c[c]sc2)c1. The fourth-order valence-electron chi connectivity index (χ4n) is 1.58. The Morgan fingerprint density at radius 3 is 2.11 bits per heavy atom. The van der Waals surface area contributed by atoms with E-state index in [-0.39, 0.29) is 5.56 Å². The van der Waals surface area contributed by atoms with Crippen LogP contribution in [0.25, 0.3) is 11.1 Å². The van der Waals surface area contributed by atoms with Gasteiger partial charge in [0.15, 0.2) is 0 Å². The highest BCUT2D eigenvalue weighted by molar-refractivity contribution is 7.07. The standard InChI is InChI=1S/C12H5F6S/c13-11(14,15)8-1-2-10(12(16,17)18)9(5-8)7-3-4-19-6-7/h1-3,5-6H. The third-order valence-electron chi connectivity index (χ3n) is 2.43. The highest BCUT2D eigenvalue weighted by Crippen LogP contribution is 2.40. The Kier molecular flexibility index (Phi) is 3.34. The molecule has 0 aliphatic rings. The Morgan fingerprint density at radius 2 is 1.63 bits per heavy atom. The van der Waals surface area contributed by atoms with Crippen LogP contribution in [0, 0.1) is 5.38 Å². The van der Waals surface area contributed by atoms with Crippen LogP contribution in [0.5, 0.6) is 0 Å². The predicted molar refractivity (Wildman–Crippen MR) is 58.6 cm³/mol. The first-order chi connectivity index (χ1) is 8.69. The van der Waals surface area contributed by atoms with Crippen LogP contribution in [0.15, 0.2) is 29.6 Å². The Balaban J connectivity index is 2.65. The van der Waals surface area contributed by atoms with Gasteiger partial charge in [-0.25, -0.2) is 0 Å². The topological polar surface area (TPSA) is 0 Å². The summed E-state index contributed by atoms with van der Waals surface area (Å²) in [4.78, 5) is 0. The third kappa shape index (κ3) is 2.91. The van der Waals surface area contributed by atoms with Crippen molar-refractivity contribution in [2.75, 3.05) is 0 Å². The molecule has 0 nitrogen and oxygen atoms in total. The molecule has 0 amide bonds. The first-order valence-electron chi connectivity index (χ1n) is 4.93. The Bertz CT molecular complexity index is 565. The van der Waals surface area contributed by atoms with E-state index in [0.29, 0.717) is 18.2 Å². The number of hydrogen-bond acceptors (Lipinski definition) is 1. The van der Waals surface area contributed by atoms with Crippen LogP contribution in [0.2, 0.25) is 0 Å². The maximum Gasteiger partial charge on any atom is 0.417 e. The van der Waals surface area contributed by atoms with Gasteiger partial charge in [0.05, 0.1) is 11.1 Å². The minimum absolute atomic E-state index is 0.0726. The van der Waals surface area contributed by atoms with Gasteiger partial charge in [-0.05, 0) is 40.8 Å². The average Bonchev–Trinajstić information content (AvgIpc) is 2.79. The second-order valence-corrected chi connectivity index (χ2v) is 4.42. The van der Waals surface area contributed by atoms with Gasteiger partial charge < -0.3 is 0 Å². The van der Waals surface area contributed by atoms with Crippen molar-refractivity contribution in [2.24, 2.45) is 0 Å². The molecule has 0 unspecified atom stereocenters. The van der Waals surface area contributed by atoms with E-state index in [4.69, 9.17) is 0 Å². The summed E-state index contributed by atoms with van der Waals surface area (Å²) in [7, 11) is 0. The summed E-state index contributed by atoms with van der Waals surface area (Å²) in [6, 6.07) is 2.63. The molecule has 1 aromatic carbocycles. The van der Waals surface area contributed by atoms with Crippen LogP contribution < -0.4 is 0 Å². The Hall–Kier alpha value is -1.50. The lowest BCUT2D eigenvalue weighted by Crippen LogP contribution is -2.10. The molecule has 0 atom stereocenters. The largest absolute Gasteiger partial charge is 0.417 e. The fourth-order valence-corrected chi connectivity index (χ4v) is 2.16. The van der Waals surface area contributed by atoms with Crippen LogP contribution in [-0.4, -0.2) is 0 Å². The number of alkyl halides is 6. The first-order valence-corrected chi connectivity index (χ1v) is 5.81. The zero-order chi connectivity index (χ0) is 14.3. The molecule has 1 radical (unpaired) electrons. The zero-order valence-corrected chi connectivity index (χ0v) is 9.88. The normalized spacial score (nSPS) is 12.7. The molecule has 0 aliphatic carbocycles. The molecule has 2 rings (SSSR count). The smallest absolute Gasteiger partial charge is 0.166 e. The molecule has 2 aromatic rings. The van der Waals surface area contributed by atoms with Crippen LogP contribution in [0.1, 0.15) is 11.1 Å². The molecule has 0 saturated heterocycles. The molecular formula is C12H5F6S. The van der Waals surface area contributed by atoms with Crippen molar-refractivity contribution in [3.05, 3.63) is 46.2 Å². The third-order valence-corrected chi connectivity index (χ3v) is 3.06. The average molecular weight is 295 g/mol. The van der Waals surface area contributed by atoms with Crippen molar-refractivity contribution in [1.29, 1.82) is 0 Å². The van der Waals surface area contributed by atoms with Crippen LogP contribution in [0.3, 0.4) is 0 Å². The minimum Gasteiger partial charge on any atom is -0.166 e. The van der Waals surface area contributed by atoms with Gasteiger partial charge in [0.2, 0.25) is 0 Å². The van der Waals surface area contributed by atoms with Crippen molar-refractivity contribution >= 4 is 11.3 Å². The van der Waals surface area contributed by atoms with Crippen LogP contribution in [0.4, 0.5) is 26.3 Å². The lowest BCUT2D eigenvalue weighted by atomic mass is 9.98. The number of hydrogen-bond donors (Lipinski definition) is 0. The van der Waals surface area contributed by atoms with Crippen LogP contribution >= 0.6 is 11.3 Å². The summed E-state index contributed by atoms with van der Waals surface area (Å²) in [6.45, 7) is 0. The van der Waals surface area contributed by atoms with Gasteiger partial charge >= 0.3 is 12.4 Å². The van der Waals surface area contributed by atoms with E-state index in [2.05, 4.69) is 5.38 Å². The van der Waals surface area contributed by atoms with Crippen molar-refractivity contribution in [1.82, 2.24) is 0 Å². The van der Waals surface area contributed by atoms with Crippen LogP contribution in [-0.2, 0) is 12.4 Å². The highest BCUT2D eigenvalue weighted by atomic mass is 32.1. The second kappa shape index (κ2) is 4.56. The molecule has 0 N–H and O–H groups in total. The summed E-state index contributed by atoms with van der Waals surface area (Å²) in [5.41, 5.74) is -2.61. The van der Waals surface area contributed by atoms with Gasteiger partial charge in [-0.3, -0.25) is 0 Å². The molecule has 0 aliphatic heterocycles. The molecule has 0 bridgehead atoms. The van der Waals surface area contributed by atoms with Gasteiger partial charge in [-0.2, -0.15) is 26.3 Å². The number of rotatable bonds is 1. The molecule has 1 heterocycles. The molecule has 0 fully saturated rings. The summed E-state index contributed by atoms with van der Waals surface area (Å²) < 4.78 is 76.0.